The molecule has 1 rings (SSSR count). The van der Waals surface area contributed by atoms with E-state index in [1.54, 1.807) is 6.20 Å². The Hall–Kier alpha value is -1.29. The average molecular weight is 243 g/mol. The van der Waals surface area contributed by atoms with Crippen LogP contribution in [0.3, 0.4) is 0 Å². The maximum atomic E-state index is 10.4. The molecule has 0 saturated carbocycles. The molecule has 1 heterocycles. The van der Waals surface area contributed by atoms with Crippen LogP contribution in [-0.4, -0.2) is 22.1 Å². The lowest BCUT2D eigenvalue weighted by molar-refractivity contribution is -0.137. The van der Waals surface area contributed by atoms with Gasteiger partial charge in [0.15, 0.2) is 5.15 Å². The Morgan fingerprint density at radius 1 is 1.69 bits per heavy atom. The van der Waals surface area contributed by atoms with Gasteiger partial charge >= 0.3 is 5.97 Å². The molecule has 0 aromatic carbocycles. The maximum absolute atomic E-state index is 10.4. The zero-order chi connectivity index (χ0) is 12.1. The summed E-state index contributed by atoms with van der Waals surface area (Å²) in [6.07, 6.45) is 2.39. The molecule has 0 bridgehead atoms. The molecule has 0 saturated heterocycles. The van der Waals surface area contributed by atoms with E-state index >= 15 is 0 Å². The molecule has 5 heteroatoms. The summed E-state index contributed by atoms with van der Waals surface area (Å²) in [6.45, 7) is 3.85. The van der Waals surface area contributed by atoms with Crippen LogP contribution < -0.4 is 5.32 Å². The minimum absolute atomic E-state index is 0.0530. The van der Waals surface area contributed by atoms with Gasteiger partial charge in [0, 0.05) is 18.7 Å². The Labute approximate surface area is 99.6 Å². The van der Waals surface area contributed by atoms with Crippen molar-refractivity contribution < 1.29 is 9.90 Å². The van der Waals surface area contributed by atoms with Gasteiger partial charge in [0.2, 0.25) is 0 Å². The van der Waals surface area contributed by atoms with Gasteiger partial charge in [0.25, 0.3) is 0 Å². The van der Waals surface area contributed by atoms with Crippen LogP contribution in [-0.2, 0) is 4.79 Å². The largest absolute Gasteiger partial charge is 0.481 e. The molecule has 0 fully saturated rings. The third kappa shape index (κ3) is 4.06. The number of aliphatic carboxylic acids is 1. The molecule has 0 aliphatic rings. The van der Waals surface area contributed by atoms with Crippen LogP contribution in [0, 0.1) is 6.92 Å². The predicted molar refractivity (Wildman–Crippen MR) is 63.9 cm³/mol. The van der Waals surface area contributed by atoms with Gasteiger partial charge in [0.05, 0.1) is 5.69 Å². The van der Waals surface area contributed by atoms with Crippen LogP contribution >= 0.6 is 11.6 Å². The number of carboxylic acid groups (broad SMARTS) is 1. The van der Waals surface area contributed by atoms with Gasteiger partial charge in [-0.3, -0.25) is 4.79 Å². The highest BCUT2D eigenvalue weighted by atomic mass is 35.5. The van der Waals surface area contributed by atoms with Gasteiger partial charge < -0.3 is 10.4 Å². The van der Waals surface area contributed by atoms with Crippen molar-refractivity contribution in [3.63, 3.8) is 0 Å². The molecule has 88 valence electrons. The van der Waals surface area contributed by atoms with Crippen molar-refractivity contribution in [3.8, 4) is 0 Å². The van der Waals surface area contributed by atoms with Gasteiger partial charge in [-0.15, -0.1) is 0 Å². The smallest absolute Gasteiger partial charge is 0.303 e. The second kappa shape index (κ2) is 5.70. The lowest BCUT2D eigenvalue weighted by Gasteiger charge is -2.15. The molecular weight excluding hydrogens is 228 g/mol. The first kappa shape index (κ1) is 12.8. The topological polar surface area (TPSA) is 62.2 Å². The van der Waals surface area contributed by atoms with E-state index in [-0.39, 0.29) is 12.5 Å². The van der Waals surface area contributed by atoms with Crippen LogP contribution in [0.15, 0.2) is 12.3 Å². The van der Waals surface area contributed by atoms with E-state index in [2.05, 4.69) is 10.3 Å². The first-order chi connectivity index (χ1) is 7.49. The minimum Gasteiger partial charge on any atom is -0.481 e. The summed E-state index contributed by atoms with van der Waals surface area (Å²) in [7, 11) is 0. The molecule has 1 atom stereocenters. The van der Waals surface area contributed by atoms with Crippen LogP contribution in [0.25, 0.3) is 0 Å². The summed E-state index contributed by atoms with van der Waals surface area (Å²) in [4.78, 5) is 14.4. The predicted octanol–water partition coefficient (Wildman–Crippen LogP) is 2.71. The quantitative estimate of drug-likeness (QED) is 0.780. The van der Waals surface area contributed by atoms with Crippen LogP contribution in [0.2, 0.25) is 5.15 Å². The number of carbonyl (C=O) groups is 1. The fourth-order valence-corrected chi connectivity index (χ4v) is 1.49. The standard InChI is InChI=1S/C11H15ClN2O2/c1-7-5-9(11(12)13-6-7)14-8(2)3-4-10(15)16/h5-6,8,14H,3-4H2,1-2H3,(H,15,16). The maximum Gasteiger partial charge on any atom is 0.303 e. The normalized spacial score (nSPS) is 12.2. The molecule has 2 N–H and O–H groups in total. The lowest BCUT2D eigenvalue weighted by Crippen LogP contribution is -2.17. The summed E-state index contributed by atoms with van der Waals surface area (Å²) >= 11 is 5.91. The van der Waals surface area contributed by atoms with Crippen molar-refractivity contribution in [3.05, 3.63) is 23.0 Å². The van der Waals surface area contributed by atoms with Crippen molar-refractivity contribution in [2.24, 2.45) is 0 Å². The Morgan fingerprint density at radius 2 is 2.38 bits per heavy atom. The Morgan fingerprint density at radius 3 is 3.00 bits per heavy atom. The number of hydrogen-bond donors (Lipinski definition) is 2. The number of anilines is 1. The van der Waals surface area contributed by atoms with Gasteiger partial charge in [-0.25, -0.2) is 4.98 Å². The molecule has 0 radical (unpaired) electrons. The Kier molecular flexibility index (Phi) is 4.55. The highest BCUT2D eigenvalue weighted by Crippen LogP contribution is 2.21. The van der Waals surface area contributed by atoms with Crippen molar-refractivity contribution in [2.75, 3.05) is 5.32 Å². The zero-order valence-corrected chi connectivity index (χ0v) is 10.1. The number of rotatable bonds is 5. The number of nitrogens with one attached hydrogen (secondary N) is 1. The van der Waals surface area contributed by atoms with Gasteiger partial charge in [-0.1, -0.05) is 11.6 Å². The third-order valence-electron chi connectivity index (χ3n) is 2.17. The molecule has 1 aromatic heterocycles. The van der Waals surface area contributed by atoms with E-state index in [9.17, 15) is 4.79 Å². The number of halogens is 1. The molecule has 0 spiro atoms. The van der Waals surface area contributed by atoms with E-state index in [1.165, 1.54) is 0 Å². The van der Waals surface area contributed by atoms with E-state index in [4.69, 9.17) is 16.7 Å². The number of aryl methyl sites for hydroxylation is 1. The molecule has 1 aromatic rings. The first-order valence-corrected chi connectivity index (χ1v) is 5.47. The number of nitrogens with zero attached hydrogens (tertiary/aromatic N) is 1. The highest BCUT2D eigenvalue weighted by molar-refractivity contribution is 6.31. The number of aromatic nitrogens is 1. The average Bonchev–Trinajstić information content (AvgIpc) is 2.20. The second-order valence-corrected chi connectivity index (χ2v) is 4.19. The lowest BCUT2D eigenvalue weighted by atomic mass is 10.1. The SMILES string of the molecule is Cc1cnc(Cl)c(NC(C)CCC(=O)O)c1. The first-order valence-electron chi connectivity index (χ1n) is 5.09. The van der Waals surface area contributed by atoms with Gasteiger partial charge in [0.1, 0.15) is 0 Å². The third-order valence-corrected chi connectivity index (χ3v) is 2.47. The molecule has 1 unspecified atom stereocenters. The van der Waals surface area contributed by atoms with E-state index in [1.807, 2.05) is 19.9 Å². The summed E-state index contributed by atoms with van der Waals surface area (Å²) in [6, 6.07) is 1.95. The van der Waals surface area contributed by atoms with Gasteiger partial charge in [-0.05, 0) is 31.9 Å². The molecule has 0 amide bonds. The molecule has 16 heavy (non-hydrogen) atoms. The van der Waals surface area contributed by atoms with Crippen LogP contribution in [0.1, 0.15) is 25.3 Å². The fourth-order valence-electron chi connectivity index (χ4n) is 1.33. The number of hydrogen-bond acceptors (Lipinski definition) is 3. The Bertz CT molecular complexity index is 382. The van der Waals surface area contributed by atoms with Crippen LogP contribution in [0.4, 0.5) is 5.69 Å². The van der Waals surface area contributed by atoms with Crippen molar-refractivity contribution in [1.29, 1.82) is 0 Å². The summed E-state index contributed by atoms with van der Waals surface area (Å²) in [5.41, 5.74) is 1.76. The summed E-state index contributed by atoms with van der Waals surface area (Å²) in [5, 5.41) is 12.1. The summed E-state index contributed by atoms with van der Waals surface area (Å²) in [5.74, 6) is -0.790. The second-order valence-electron chi connectivity index (χ2n) is 3.83. The van der Waals surface area contributed by atoms with Crippen molar-refractivity contribution >= 4 is 23.3 Å². The van der Waals surface area contributed by atoms with Crippen molar-refractivity contribution in [1.82, 2.24) is 4.98 Å². The van der Waals surface area contributed by atoms with Crippen molar-refractivity contribution in [2.45, 2.75) is 32.7 Å². The molecule has 4 nitrogen and oxygen atoms in total. The van der Waals surface area contributed by atoms with E-state index in [0.717, 1.165) is 11.3 Å². The number of carboxylic acids is 1. The highest BCUT2D eigenvalue weighted by Gasteiger charge is 2.08. The van der Waals surface area contributed by atoms with E-state index < -0.39 is 5.97 Å². The minimum atomic E-state index is -0.790. The fraction of sp³-hybridized carbons (Fsp3) is 0.455. The Balaban J connectivity index is 2.58. The zero-order valence-electron chi connectivity index (χ0n) is 9.33. The molecule has 0 aliphatic carbocycles. The number of pyridine rings is 1. The molecule has 0 aliphatic heterocycles. The van der Waals surface area contributed by atoms with Crippen LogP contribution in [0.5, 0.6) is 0 Å². The summed E-state index contributed by atoms with van der Waals surface area (Å²) < 4.78 is 0. The van der Waals surface area contributed by atoms with Gasteiger partial charge in [-0.2, -0.15) is 0 Å². The van der Waals surface area contributed by atoms with E-state index in [0.29, 0.717) is 11.6 Å². The molecular formula is C11H15ClN2O2. The monoisotopic (exact) mass is 242 g/mol.